The molecule has 1 aliphatic rings. The highest BCUT2D eigenvalue weighted by atomic mass is 19.1. The quantitative estimate of drug-likeness (QED) is 0.911. The van der Waals surface area contributed by atoms with E-state index in [1.54, 1.807) is 6.07 Å². The van der Waals surface area contributed by atoms with E-state index in [0.717, 1.165) is 12.0 Å². The van der Waals surface area contributed by atoms with Crippen LogP contribution in [0.3, 0.4) is 0 Å². The molecule has 1 aromatic heterocycles. The summed E-state index contributed by atoms with van der Waals surface area (Å²) in [6.45, 7) is 1.91. The molecule has 1 heterocycles. The molecule has 1 N–H and O–H groups in total. The molecule has 5 heteroatoms. The van der Waals surface area contributed by atoms with Crippen molar-refractivity contribution in [3.63, 3.8) is 0 Å². The Morgan fingerprint density at radius 3 is 2.95 bits per heavy atom. The molecule has 0 spiro atoms. The predicted octanol–water partition coefficient (Wildman–Crippen LogP) is 2.72. The van der Waals surface area contributed by atoms with E-state index >= 15 is 0 Å². The van der Waals surface area contributed by atoms with Gasteiger partial charge in [0.15, 0.2) is 0 Å². The second kappa shape index (κ2) is 5.32. The number of aryl methyl sites for hydroxylation is 1. The van der Waals surface area contributed by atoms with E-state index < -0.39 is 0 Å². The molecular weight excluding hydrogens is 257 g/mol. The first-order valence-electron chi connectivity index (χ1n) is 6.93. The summed E-state index contributed by atoms with van der Waals surface area (Å²) in [5.41, 5.74) is 1.62. The van der Waals surface area contributed by atoms with Gasteiger partial charge in [-0.1, -0.05) is 11.2 Å². The molecule has 1 fully saturated rings. The van der Waals surface area contributed by atoms with Gasteiger partial charge < -0.3 is 9.84 Å². The number of halogens is 1. The van der Waals surface area contributed by atoms with Crippen molar-refractivity contribution in [2.45, 2.75) is 32.2 Å². The van der Waals surface area contributed by atoms with Gasteiger partial charge in [0.2, 0.25) is 11.7 Å². The van der Waals surface area contributed by atoms with Gasteiger partial charge in [0, 0.05) is 18.0 Å². The third kappa shape index (κ3) is 2.72. The number of hydrogen-bond acceptors (Lipinski definition) is 4. The fourth-order valence-electron chi connectivity index (χ4n) is 2.47. The molecule has 0 amide bonds. The number of rotatable bonds is 5. The van der Waals surface area contributed by atoms with Crippen molar-refractivity contribution in [1.82, 2.24) is 15.5 Å². The topological polar surface area (TPSA) is 51.0 Å². The number of nitrogens with one attached hydrogen (secondary N) is 1. The van der Waals surface area contributed by atoms with Crippen molar-refractivity contribution in [2.24, 2.45) is 5.92 Å². The molecule has 106 valence electrons. The van der Waals surface area contributed by atoms with Gasteiger partial charge in [-0.05, 0) is 50.4 Å². The number of likely N-dealkylation sites (N-methyl/N-ethyl adjacent to an activating group) is 1. The number of aromatic nitrogens is 2. The van der Waals surface area contributed by atoms with E-state index in [0.29, 0.717) is 29.2 Å². The molecule has 4 nitrogen and oxygen atoms in total. The van der Waals surface area contributed by atoms with Gasteiger partial charge in [-0.15, -0.1) is 0 Å². The minimum absolute atomic E-state index is 0.289. The molecule has 20 heavy (non-hydrogen) atoms. The van der Waals surface area contributed by atoms with Gasteiger partial charge in [0.1, 0.15) is 5.82 Å². The Morgan fingerprint density at radius 1 is 1.45 bits per heavy atom. The molecule has 1 unspecified atom stereocenters. The highest BCUT2D eigenvalue weighted by Gasteiger charge is 2.31. The van der Waals surface area contributed by atoms with E-state index in [-0.39, 0.29) is 5.82 Å². The molecule has 0 bridgehead atoms. The van der Waals surface area contributed by atoms with Crippen molar-refractivity contribution in [3.05, 3.63) is 35.5 Å². The van der Waals surface area contributed by atoms with Crippen LogP contribution >= 0.6 is 0 Å². The van der Waals surface area contributed by atoms with Crippen LogP contribution in [0.15, 0.2) is 22.7 Å². The van der Waals surface area contributed by atoms with Gasteiger partial charge >= 0.3 is 0 Å². The summed E-state index contributed by atoms with van der Waals surface area (Å²) in [6, 6.07) is 4.99. The lowest BCUT2D eigenvalue weighted by Crippen LogP contribution is -2.29. The van der Waals surface area contributed by atoms with Crippen LogP contribution in [0, 0.1) is 18.7 Å². The van der Waals surface area contributed by atoms with Crippen molar-refractivity contribution in [1.29, 1.82) is 0 Å². The molecule has 1 atom stereocenters. The molecule has 0 aliphatic heterocycles. The maximum absolute atomic E-state index is 13.3. The third-order valence-electron chi connectivity index (χ3n) is 3.86. The fourth-order valence-corrected chi connectivity index (χ4v) is 2.47. The van der Waals surface area contributed by atoms with E-state index in [1.165, 1.54) is 25.0 Å². The summed E-state index contributed by atoms with van der Waals surface area (Å²) in [4.78, 5) is 4.40. The van der Waals surface area contributed by atoms with Gasteiger partial charge in [0.05, 0.1) is 0 Å². The SMILES string of the molecule is CNC(Cc1nc(-c2cc(F)ccc2C)no1)C1CC1. The van der Waals surface area contributed by atoms with Crippen LogP contribution in [0.25, 0.3) is 11.4 Å². The minimum Gasteiger partial charge on any atom is -0.339 e. The highest BCUT2D eigenvalue weighted by Crippen LogP contribution is 2.34. The van der Waals surface area contributed by atoms with Crippen molar-refractivity contribution >= 4 is 0 Å². The van der Waals surface area contributed by atoms with Crippen LogP contribution in [0.1, 0.15) is 24.3 Å². The second-order valence-electron chi connectivity index (χ2n) is 5.41. The van der Waals surface area contributed by atoms with Gasteiger partial charge in [-0.2, -0.15) is 4.98 Å². The van der Waals surface area contributed by atoms with E-state index in [1.807, 2.05) is 14.0 Å². The zero-order valence-corrected chi connectivity index (χ0v) is 11.7. The van der Waals surface area contributed by atoms with E-state index in [4.69, 9.17) is 4.52 Å². The molecule has 1 aliphatic carbocycles. The van der Waals surface area contributed by atoms with Gasteiger partial charge in [0.25, 0.3) is 0 Å². The minimum atomic E-state index is -0.289. The average Bonchev–Trinajstić information content (AvgIpc) is 3.18. The molecule has 0 saturated heterocycles. The Morgan fingerprint density at radius 2 is 2.25 bits per heavy atom. The van der Waals surface area contributed by atoms with Crippen LogP contribution in [-0.2, 0) is 6.42 Å². The maximum atomic E-state index is 13.3. The average molecular weight is 275 g/mol. The van der Waals surface area contributed by atoms with E-state index in [9.17, 15) is 4.39 Å². The smallest absolute Gasteiger partial charge is 0.228 e. The van der Waals surface area contributed by atoms with Crippen LogP contribution in [-0.4, -0.2) is 23.2 Å². The lowest BCUT2D eigenvalue weighted by molar-refractivity contribution is 0.352. The van der Waals surface area contributed by atoms with Crippen molar-refractivity contribution in [2.75, 3.05) is 7.05 Å². The van der Waals surface area contributed by atoms with Crippen LogP contribution < -0.4 is 5.32 Å². The summed E-state index contributed by atoms with van der Waals surface area (Å²) in [5, 5.41) is 7.27. The van der Waals surface area contributed by atoms with Crippen molar-refractivity contribution < 1.29 is 8.91 Å². The summed E-state index contributed by atoms with van der Waals surface area (Å²) in [6.07, 6.45) is 3.24. The monoisotopic (exact) mass is 275 g/mol. The number of benzene rings is 1. The number of hydrogen-bond donors (Lipinski definition) is 1. The zero-order chi connectivity index (χ0) is 14.1. The lowest BCUT2D eigenvalue weighted by atomic mass is 10.1. The van der Waals surface area contributed by atoms with E-state index in [2.05, 4.69) is 15.5 Å². The van der Waals surface area contributed by atoms with Crippen LogP contribution in [0.4, 0.5) is 4.39 Å². The summed E-state index contributed by atoms with van der Waals surface area (Å²) < 4.78 is 18.6. The fraction of sp³-hybridized carbons (Fsp3) is 0.467. The molecule has 2 aromatic rings. The zero-order valence-electron chi connectivity index (χ0n) is 11.7. The summed E-state index contributed by atoms with van der Waals surface area (Å²) in [7, 11) is 1.96. The largest absolute Gasteiger partial charge is 0.339 e. The standard InChI is InChI=1S/C15H18FN3O/c1-9-3-6-11(16)7-12(9)15-18-14(20-19-15)8-13(17-2)10-4-5-10/h3,6-7,10,13,17H,4-5,8H2,1-2H3. The predicted molar refractivity (Wildman–Crippen MR) is 73.7 cm³/mol. The Bertz CT molecular complexity index is 607. The van der Waals surface area contributed by atoms with Gasteiger partial charge in [-0.25, -0.2) is 4.39 Å². The summed E-state index contributed by atoms with van der Waals surface area (Å²) >= 11 is 0. The first kappa shape index (κ1) is 13.2. The first-order chi connectivity index (χ1) is 9.67. The Kier molecular flexibility index (Phi) is 3.53. The summed E-state index contributed by atoms with van der Waals surface area (Å²) in [5.74, 6) is 1.49. The molecule has 3 rings (SSSR count). The van der Waals surface area contributed by atoms with Crippen LogP contribution in [0.5, 0.6) is 0 Å². The van der Waals surface area contributed by atoms with Crippen LogP contribution in [0.2, 0.25) is 0 Å². The third-order valence-corrected chi connectivity index (χ3v) is 3.86. The highest BCUT2D eigenvalue weighted by molar-refractivity contribution is 5.59. The first-order valence-corrected chi connectivity index (χ1v) is 6.93. The van der Waals surface area contributed by atoms with Crippen molar-refractivity contribution in [3.8, 4) is 11.4 Å². The molecule has 1 aromatic carbocycles. The number of nitrogens with zero attached hydrogens (tertiary/aromatic N) is 2. The molecule has 1 saturated carbocycles. The normalized spacial score (nSPS) is 16.4. The second-order valence-corrected chi connectivity index (χ2v) is 5.41. The Hall–Kier alpha value is -1.75. The Balaban J connectivity index is 1.80. The lowest BCUT2D eigenvalue weighted by Gasteiger charge is -2.11. The maximum Gasteiger partial charge on any atom is 0.228 e. The molecular formula is C15H18FN3O. The van der Waals surface area contributed by atoms with Gasteiger partial charge in [-0.3, -0.25) is 0 Å². The Labute approximate surface area is 117 Å². The molecule has 0 radical (unpaired) electrons.